The van der Waals surface area contributed by atoms with Crippen LogP contribution >= 0.6 is 0 Å². The SMILES string of the molecule is CNC(CCC(C)(C)C)c1cc(OC)c(OC)c(OC)c1. The van der Waals surface area contributed by atoms with Crippen molar-refractivity contribution in [1.82, 2.24) is 5.32 Å². The average Bonchev–Trinajstić information content (AvgIpc) is 2.45. The zero-order valence-corrected chi connectivity index (χ0v) is 14.4. The van der Waals surface area contributed by atoms with Gasteiger partial charge in [-0.05, 0) is 43.0 Å². The predicted molar refractivity (Wildman–Crippen MR) is 86.6 cm³/mol. The van der Waals surface area contributed by atoms with Crippen LogP contribution in [0.2, 0.25) is 0 Å². The molecular weight excluding hydrogens is 266 g/mol. The van der Waals surface area contributed by atoms with Gasteiger partial charge in [-0.1, -0.05) is 20.8 Å². The second-order valence-corrected chi connectivity index (χ2v) is 6.40. The number of ether oxygens (including phenoxy) is 3. The summed E-state index contributed by atoms with van der Waals surface area (Å²) in [5.41, 5.74) is 1.46. The number of hydrogen-bond donors (Lipinski definition) is 1. The highest BCUT2D eigenvalue weighted by molar-refractivity contribution is 5.54. The molecule has 1 aromatic rings. The van der Waals surface area contributed by atoms with Crippen LogP contribution in [0, 0.1) is 5.41 Å². The maximum absolute atomic E-state index is 5.43. The second-order valence-electron chi connectivity index (χ2n) is 6.40. The van der Waals surface area contributed by atoms with Crippen molar-refractivity contribution in [2.45, 2.75) is 39.7 Å². The molecule has 0 bridgehead atoms. The second kappa shape index (κ2) is 7.55. The molecule has 0 heterocycles. The first-order valence-electron chi connectivity index (χ1n) is 7.33. The number of nitrogens with one attached hydrogen (secondary N) is 1. The first kappa shape index (κ1) is 17.6. The van der Waals surface area contributed by atoms with Crippen LogP contribution in [0.4, 0.5) is 0 Å². The Morgan fingerprint density at radius 3 is 1.86 bits per heavy atom. The van der Waals surface area contributed by atoms with Crippen molar-refractivity contribution >= 4 is 0 Å². The number of rotatable bonds is 7. The van der Waals surface area contributed by atoms with Crippen molar-refractivity contribution < 1.29 is 14.2 Å². The van der Waals surface area contributed by atoms with E-state index in [1.54, 1.807) is 21.3 Å². The van der Waals surface area contributed by atoms with Crippen LogP contribution in [0.1, 0.15) is 45.2 Å². The Kier molecular flexibility index (Phi) is 6.34. The van der Waals surface area contributed by atoms with E-state index in [9.17, 15) is 0 Å². The Morgan fingerprint density at radius 1 is 1.00 bits per heavy atom. The van der Waals surface area contributed by atoms with Crippen LogP contribution in [0.25, 0.3) is 0 Å². The molecule has 4 heteroatoms. The Bertz CT molecular complexity index is 427. The Labute approximate surface area is 128 Å². The highest BCUT2D eigenvalue weighted by Crippen LogP contribution is 2.40. The zero-order valence-electron chi connectivity index (χ0n) is 14.4. The van der Waals surface area contributed by atoms with Crippen LogP contribution in [0.5, 0.6) is 17.2 Å². The lowest BCUT2D eigenvalue weighted by Gasteiger charge is -2.24. The average molecular weight is 295 g/mol. The third-order valence-electron chi connectivity index (χ3n) is 3.62. The van der Waals surface area contributed by atoms with Crippen LogP contribution in [-0.2, 0) is 0 Å². The van der Waals surface area contributed by atoms with Gasteiger partial charge in [-0.3, -0.25) is 0 Å². The third-order valence-corrected chi connectivity index (χ3v) is 3.62. The van der Waals surface area contributed by atoms with E-state index >= 15 is 0 Å². The van der Waals surface area contributed by atoms with Crippen LogP contribution < -0.4 is 19.5 Å². The summed E-state index contributed by atoms with van der Waals surface area (Å²) in [4.78, 5) is 0. The molecule has 0 aliphatic heterocycles. The van der Waals surface area contributed by atoms with Crippen molar-refractivity contribution in [3.05, 3.63) is 17.7 Å². The van der Waals surface area contributed by atoms with E-state index in [0.29, 0.717) is 22.7 Å². The van der Waals surface area contributed by atoms with Gasteiger partial charge in [0.1, 0.15) is 0 Å². The number of methoxy groups -OCH3 is 3. The van der Waals surface area contributed by atoms with Gasteiger partial charge < -0.3 is 19.5 Å². The summed E-state index contributed by atoms with van der Waals surface area (Å²) in [6, 6.07) is 4.30. The van der Waals surface area contributed by atoms with Crippen molar-refractivity contribution in [2.75, 3.05) is 28.4 Å². The molecule has 1 aromatic carbocycles. The van der Waals surface area contributed by atoms with Gasteiger partial charge in [0.05, 0.1) is 21.3 Å². The quantitative estimate of drug-likeness (QED) is 0.830. The van der Waals surface area contributed by atoms with E-state index in [1.807, 2.05) is 19.2 Å². The van der Waals surface area contributed by atoms with Gasteiger partial charge in [0.25, 0.3) is 0 Å². The van der Waals surface area contributed by atoms with Crippen molar-refractivity contribution in [1.29, 1.82) is 0 Å². The minimum absolute atomic E-state index is 0.262. The van der Waals surface area contributed by atoms with Gasteiger partial charge >= 0.3 is 0 Å². The van der Waals surface area contributed by atoms with E-state index in [4.69, 9.17) is 14.2 Å². The summed E-state index contributed by atoms with van der Waals surface area (Å²) in [5, 5.41) is 3.38. The zero-order chi connectivity index (χ0) is 16.0. The normalized spacial score (nSPS) is 12.9. The summed E-state index contributed by atoms with van der Waals surface area (Å²) in [5.74, 6) is 2.03. The fraction of sp³-hybridized carbons (Fsp3) is 0.647. The van der Waals surface area contributed by atoms with E-state index in [0.717, 1.165) is 18.4 Å². The molecule has 0 spiro atoms. The molecule has 0 amide bonds. The molecule has 0 saturated carbocycles. The Balaban J connectivity index is 3.09. The summed E-state index contributed by atoms with van der Waals surface area (Å²) in [7, 11) is 6.89. The monoisotopic (exact) mass is 295 g/mol. The number of hydrogen-bond acceptors (Lipinski definition) is 4. The molecule has 120 valence electrons. The fourth-order valence-corrected chi connectivity index (χ4v) is 2.36. The first-order valence-corrected chi connectivity index (χ1v) is 7.33. The largest absolute Gasteiger partial charge is 0.493 e. The lowest BCUT2D eigenvalue weighted by atomic mass is 9.87. The molecule has 0 saturated heterocycles. The number of benzene rings is 1. The highest BCUT2D eigenvalue weighted by Gasteiger charge is 2.20. The molecule has 0 radical (unpaired) electrons. The maximum Gasteiger partial charge on any atom is 0.203 e. The minimum Gasteiger partial charge on any atom is -0.493 e. The highest BCUT2D eigenvalue weighted by atomic mass is 16.5. The summed E-state index contributed by atoms with van der Waals surface area (Å²) < 4.78 is 16.2. The molecule has 0 aliphatic carbocycles. The lowest BCUT2D eigenvalue weighted by Crippen LogP contribution is -2.19. The van der Waals surface area contributed by atoms with Crippen molar-refractivity contribution in [3.63, 3.8) is 0 Å². The van der Waals surface area contributed by atoms with Gasteiger partial charge in [0.2, 0.25) is 5.75 Å². The lowest BCUT2D eigenvalue weighted by molar-refractivity contribution is 0.319. The minimum atomic E-state index is 0.262. The van der Waals surface area contributed by atoms with Crippen LogP contribution in [-0.4, -0.2) is 28.4 Å². The molecule has 1 N–H and O–H groups in total. The van der Waals surface area contributed by atoms with Gasteiger partial charge in [-0.25, -0.2) is 0 Å². The summed E-state index contributed by atoms with van der Waals surface area (Å²) in [6.45, 7) is 6.78. The molecule has 0 aliphatic rings. The van der Waals surface area contributed by atoms with Crippen LogP contribution in [0.3, 0.4) is 0 Å². The molecule has 0 aromatic heterocycles. The van der Waals surface area contributed by atoms with Crippen molar-refractivity contribution in [3.8, 4) is 17.2 Å². The van der Waals surface area contributed by atoms with E-state index < -0.39 is 0 Å². The van der Waals surface area contributed by atoms with Gasteiger partial charge in [0, 0.05) is 6.04 Å². The Morgan fingerprint density at radius 2 is 1.52 bits per heavy atom. The van der Waals surface area contributed by atoms with E-state index in [1.165, 1.54) is 0 Å². The van der Waals surface area contributed by atoms with Gasteiger partial charge in [0.15, 0.2) is 11.5 Å². The molecule has 1 atom stereocenters. The topological polar surface area (TPSA) is 39.7 Å². The smallest absolute Gasteiger partial charge is 0.203 e. The standard InChI is InChI=1S/C17H29NO3/c1-17(2,3)9-8-13(18-4)12-10-14(19-5)16(21-7)15(11-12)20-6/h10-11,13,18H,8-9H2,1-7H3. The van der Waals surface area contributed by atoms with E-state index in [2.05, 4.69) is 26.1 Å². The molecule has 1 unspecified atom stereocenters. The fourth-order valence-electron chi connectivity index (χ4n) is 2.36. The first-order chi connectivity index (χ1) is 9.86. The third kappa shape index (κ3) is 4.81. The van der Waals surface area contributed by atoms with Crippen molar-refractivity contribution in [2.24, 2.45) is 5.41 Å². The molecule has 0 fully saturated rings. The summed E-state index contributed by atoms with van der Waals surface area (Å²) >= 11 is 0. The molecule has 21 heavy (non-hydrogen) atoms. The van der Waals surface area contributed by atoms with Crippen LogP contribution in [0.15, 0.2) is 12.1 Å². The maximum atomic E-state index is 5.43. The predicted octanol–water partition coefficient (Wildman–Crippen LogP) is 3.80. The van der Waals surface area contributed by atoms with Gasteiger partial charge in [-0.2, -0.15) is 0 Å². The van der Waals surface area contributed by atoms with Gasteiger partial charge in [-0.15, -0.1) is 0 Å². The summed E-state index contributed by atoms with van der Waals surface area (Å²) in [6.07, 6.45) is 2.19. The molecular formula is C17H29NO3. The molecule has 4 nitrogen and oxygen atoms in total. The Hall–Kier alpha value is -1.42. The van der Waals surface area contributed by atoms with E-state index in [-0.39, 0.29) is 6.04 Å². The molecule has 1 rings (SSSR count).